The highest BCUT2D eigenvalue weighted by Crippen LogP contribution is 1.91. The SMILES string of the molecule is CN(C=O)CC(=O)NCc1ccccn1. The number of pyridine rings is 1. The Bertz CT molecular complexity index is 327. The van der Waals surface area contributed by atoms with E-state index in [-0.39, 0.29) is 12.5 Å². The Labute approximate surface area is 88.1 Å². The van der Waals surface area contributed by atoms with E-state index in [2.05, 4.69) is 10.3 Å². The molecule has 5 nitrogen and oxygen atoms in total. The lowest BCUT2D eigenvalue weighted by atomic mass is 10.3. The van der Waals surface area contributed by atoms with Gasteiger partial charge in [-0.05, 0) is 12.1 Å². The summed E-state index contributed by atoms with van der Waals surface area (Å²) < 4.78 is 0. The van der Waals surface area contributed by atoms with Crippen LogP contribution in [0.5, 0.6) is 0 Å². The summed E-state index contributed by atoms with van der Waals surface area (Å²) >= 11 is 0. The van der Waals surface area contributed by atoms with Crippen molar-refractivity contribution in [3.8, 4) is 0 Å². The minimum absolute atomic E-state index is 0.0658. The zero-order valence-corrected chi connectivity index (χ0v) is 8.51. The van der Waals surface area contributed by atoms with Gasteiger partial charge in [-0.25, -0.2) is 0 Å². The van der Waals surface area contributed by atoms with Crippen molar-refractivity contribution in [1.29, 1.82) is 0 Å². The van der Waals surface area contributed by atoms with Crippen molar-refractivity contribution in [2.24, 2.45) is 0 Å². The molecule has 0 fully saturated rings. The van der Waals surface area contributed by atoms with E-state index in [9.17, 15) is 9.59 Å². The molecule has 5 heteroatoms. The number of aromatic nitrogens is 1. The molecule has 0 bridgehead atoms. The molecular formula is C10H13N3O2. The molecule has 15 heavy (non-hydrogen) atoms. The summed E-state index contributed by atoms with van der Waals surface area (Å²) in [6.45, 7) is 0.447. The van der Waals surface area contributed by atoms with Crippen molar-refractivity contribution in [3.63, 3.8) is 0 Å². The number of hydrogen-bond donors (Lipinski definition) is 1. The Balaban J connectivity index is 2.31. The highest BCUT2D eigenvalue weighted by atomic mass is 16.2. The molecule has 1 aromatic rings. The molecule has 0 aromatic carbocycles. The van der Waals surface area contributed by atoms with E-state index in [0.717, 1.165) is 5.69 Å². The van der Waals surface area contributed by atoms with Crippen LogP contribution in [-0.4, -0.2) is 35.8 Å². The first-order valence-electron chi connectivity index (χ1n) is 4.54. The summed E-state index contributed by atoms with van der Waals surface area (Å²) in [7, 11) is 1.55. The number of hydrogen-bond acceptors (Lipinski definition) is 3. The Kier molecular flexibility index (Phi) is 4.28. The molecule has 1 heterocycles. The fraction of sp³-hybridized carbons (Fsp3) is 0.300. The monoisotopic (exact) mass is 207 g/mol. The van der Waals surface area contributed by atoms with Gasteiger partial charge < -0.3 is 10.2 Å². The second kappa shape index (κ2) is 5.74. The largest absolute Gasteiger partial charge is 0.349 e. The van der Waals surface area contributed by atoms with E-state index >= 15 is 0 Å². The number of carbonyl (C=O) groups is 2. The third kappa shape index (κ3) is 4.21. The Hall–Kier alpha value is -1.91. The van der Waals surface area contributed by atoms with E-state index < -0.39 is 0 Å². The van der Waals surface area contributed by atoms with E-state index in [0.29, 0.717) is 13.0 Å². The van der Waals surface area contributed by atoms with Gasteiger partial charge in [-0.2, -0.15) is 0 Å². The standard InChI is InChI=1S/C10H13N3O2/c1-13(8-14)7-10(15)12-6-9-4-2-3-5-11-9/h2-5,8H,6-7H2,1H3,(H,12,15). The van der Waals surface area contributed by atoms with E-state index in [1.807, 2.05) is 18.2 Å². The van der Waals surface area contributed by atoms with E-state index in [1.54, 1.807) is 13.2 Å². The summed E-state index contributed by atoms with van der Waals surface area (Å²) in [5, 5.41) is 2.66. The number of rotatable bonds is 5. The van der Waals surface area contributed by atoms with Gasteiger partial charge >= 0.3 is 0 Å². The van der Waals surface area contributed by atoms with Crippen molar-refractivity contribution in [1.82, 2.24) is 15.2 Å². The minimum atomic E-state index is -0.199. The second-order valence-corrected chi connectivity index (χ2v) is 3.12. The third-order valence-corrected chi connectivity index (χ3v) is 1.77. The van der Waals surface area contributed by atoms with Crippen molar-refractivity contribution < 1.29 is 9.59 Å². The molecule has 0 saturated heterocycles. The Morgan fingerprint density at radius 3 is 3.00 bits per heavy atom. The van der Waals surface area contributed by atoms with Crippen molar-refractivity contribution in [3.05, 3.63) is 30.1 Å². The van der Waals surface area contributed by atoms with Gasteiger partial charge in [-0.15, -0.1) is 0 Å². The van der Waals surface area contributed by atoms with Crippen LogP contribution in [-0.2, 0) is 16.1 Å². The van der Waals surface area contributed by atoms with Gasteiger partial charge in [0.2, 0.25) is 12.3 Å². The molecule has 0 spiro atoms. The van der Waals surface area contributed by atoms with Crippen LogP contribution in [0.25, 0.3) is 0 Å². The molecule has 1 aromatic heterocycles. The number of nitrogens with one attached hydrogen (secondary N) is 1. The second-order valence-electron chi connectivity index (χ2n) is 3.12. The van der Waals surface area contributed by atoms with Gasteiger partial charge in [0.15, 0.2) is 0 Å². The van der Waals surface area contributed by atoms with Crippen molar-refractivity contribution >= 4 is 12.3 Å². The molecule has 0 unspecified atom stereocenters. The topological polar surface area (TPSA) is 62.3 Å². The number of carbonyl (C=O) groups excluding carboxylic acids is 2. The molecular weight excluding hydrogens is 194 g/mol. The normalized spacial score (nSPS) is 9.40. The molecule has 0 aliphatic rings. The number of nitrogens with zero attached hydrogens (tertiary/aromatic N) is 2. The fourth-order valence-electron chi connectivity index (χ4n) is 1.01. The van der Waals surface area contributed by atoms with Gasteiger partial charge in [0.05, 0.1) is 18.8 Å². The maximum atomic E-state index is 11.2. The average Bonchev–Trinajstić information content (AvgIpc) is 2.27. The van der Waals surface area contributed by atoms with E-state index in [4.69, 9.17) is 0 Å². The van der Waals surface area contributed by atoms with Crippen molar-refractivity contribution in [2.45, 2.75) is 6.54 Å². The smallest absolute Gasteiger partial charge is 0.239 e. The van der Waals surface area contributed by atoms with Crippen molar-refractivity contribution in [2.75, 3.05) is 13.6 Å². The molecule has 80 valence electrons. The zero-order valence-electron chi connectivity index (χ0n) is 8.51. The predicted octanol–water partition coefficient (Wildman–Crippen LogP) is -0.214. The quantitative estimate of drug-likeness (QED) is 0.679. The van der Waals surface area contributed by atoms with Crippen LogP contribution < -0.4 is 5.32 Å². The predicted molar refractivity (Wildman–Crippen MR) is 54.8 cm³/mol. The molecule has 2 amide bonds. The first-order chi connectivity index (χ1) is 7.22. The molecule has 1 N–H and O–H groups in total. The molecule has 0 radical (unpaired) electrons. The first-order valence-corrected chi connectivity index (χ1v) is 4.54. The average molecular weight is 207 g/mol. The maximum Gasteiger partial charge on any atom is 0.239 e. The van der Waals surface area contributed by atoms with Crippen LogP contribution >= 0.6 is 0 Å². The van der Waals surface area contributed by atoms with Crippen LogP contribution in [0.1, 0.15) is 5.69 Å². The lowest BCUT2D eigenvalue weighted by Crippen LogP contribution is -2.34. The zero-order chi connectivity index (χ0) is 11.1. The molecule has 0 saturated carbocycles. The van der Waals surface area contributed by atoms with Gasteiger partial charge in [-0.3, -0.25) is 14.6 Å². The highest BCUT2D eigenvalue weighted by Gasteiger charge is 2.03. The van der Waals surface area contributed by atoms with Crippen LogP contribution in [0.15, 0.2) is 24.4 Å². The lowest BCUT2D eigenvalue weighted by molar-refractivity contribution is -0.127. The third-order valence-electron chi connectivity index (χ3n) is 1.77. The van der Waals surface area contributed by atoms with Crippen LogP contribution in [0, 0.1) is 0 Å². The maximum absolute atomic E-state index is 11.2. The Morgan fingerprint density at radius 1 is 1.60 bits per heavy atom. The summed E-state index contributed by atoms with van der Waals surface area (Å²) in [5.41, 5.74) is 0.791. The van der Waals surface area contributed by atoms with Gasteiger partial charge in [0.1, 0.15) is 0 Å². The summed E-state index contributed by atoms with van der Waals surface area (Å²) in [6, 6.07) is 5.49. The van der Waals surface area contributed by atoms with Crippen LogP contribution in [0.2, 0.25) is 0 Å². The van der Waals surface area contributed by atoms with Crippen LogP contribution in [0.3, 0.4) is 0 Å². The van der Waals surface area contributed by atoms with Crippen LogP contribution in [0.4, 0.5) is 0 Å². The minimum Gasteiger partial charge on any atom is -0.349 e. The van der Waals surface area contributed by atoms with Gasteiger partial charge in [0, 0.05) is 13.2 Å². The van der Waals surface area contributed by atoms with E-state index in [1.165, 1.54) is 4.90 Å². The summed E-state index contributed by atoms with van der Waals surface area (Å²) in [4.78, 5) is 26.8. The molecule has 0 aliphatic carbocycles. The molecule has 1 rings (SSSR count). The number of likely N-dealkylation sites (N-methyl/N-ethyl adjacent to an activating group) is 1. The van der Waals surface area contributed by atoms with Gasteiger partial charge in [0.25, 0.3) is 0 Å². The first kappa shape index (κ1) is 11.2. The Morgan fingerprint density at radius 2 is 2.40 bits per heavy atom. The summed E-state index contributed by atoms with van der Waals surface area (Å²) in [5.74, 6) is -0.199. The molecule has 0 aliphatic heterocycles. The lowest BCUT2D eigenvalue weighted by Gasteiger charge is -2.10. The highest BCUT2D eigenvalue weighted by molar-refractivity contribution is 5.79. The number of amides is 2. The van der Waals surface area contributed by atoms with Gasteiger partial charge in [-0.1, -0.05) is 6.07 Å². The molecule has 0 atom stereocenters. The summed E-state index contributed by atoms with van der Waals surface area (Å²) in [6.07, 6.45) is 2.28. The fourth-order valence-corrected chi connectivity index (χ4v) is 1.01.